The van der Waals surface area contributed by atoms with Gasteiger partial charge in [-0.1, -0.05) is 0 Å². The van der Waals surface area contributed by atoms with Crippen LogP contribution in [0.2, 0.25) is 0 Å². The highest BCUT2D eigenvalue weighted by molar-refractivity contribution is 5.79. The second kappa shape index (κ2) is 6.44. The molecule has 0 unspecified atom stereocenters. The van der Waals surface area contributed by atoms with Crippen molar-refractivity contribution in [3.05, 3.63) is 36.5 Å². The first-order valence-electron chi connectivity index (χ1n) is 7.14. The molecule has 0 radical (unpaired) electrons. The lowest BCUT2D eigenvalue weighted by Crippen LogP contribution is -2.36. The summed E-state index contributed by atoms with van der Waals surface area (Å²) in [5.74, 6) is 0.935. The number of nitrogens with two attached hydrogens (primary N) is 1. The maximum Gasteiger partial charge on any atom is 0.236 e. The van der Waals surface area contributed by atoms with E-state index in [1.165, 1.54) is 0 Å². The van der Waals surface area contributed by atoms with E-state index in [0.717, 1.165) is 12.8 Å². The first kappa shape index (κ1) is 14.3. The van der Waals surface area contributed by atoms with Gasteiger partial charge >= 0.3 is 0 Å². The van der Waals surface area contributed by atoms with E-state index in [-0.39, 0.29) is 18.5 Å². The highest BCUT2D eigenvalue weighted by atomic mass is 16.2. The smallest absolute Gasteiger partial charge is 0.236 e. The van der Waals surface area contributed by atoms with E-state index < -0.39 is 0 Å². The summed E-state index contributed by atoms with van der Waals surface area (Å²) in [5.41, 5.74) is 6.21. The third kappa shape index (κ3) is 2.86. The minimum Gasteiger partial charge on any atom is -0.333 e. The van der Waals surface area contributed by atoms with Crippen molar-refractivity contribution >= 4 is 17.7 Å². The monoisotopic (exact) mass is 299 g/mol. The molecule has 1 fully saturated rings. The fraction of sp³-hybridized carbons (Fsp3) is 0.357. The summed E-state index contributed by atoms with van der Waals surface area (Å²) in [6, 6.07) is 1.62. The first-order chi connectivity index (χ1) is 10.8. The molecule has 3 N–H and O–H groups in total. The second-order valence-electron chi connectivity index (χ2n) is 4.94. The van der Waals surface area contributed by atoms with Crippen molar-refractivity contribution in [2.75, 3.05) is 18.4 Å². The number of nitrogens with zero attached hydrogens (tertiary/aromatic N) is 5. The van der Waals surface area contributed by atoms with Gasteiger partial charge in [-0.2, -0.15) is 0 Å². The van der Waals surface area contributed by atoms with Crippen LogP contribution in [0.25, 0.3) is 0 Å². The minimum absolute atomic E-state index is 0.00131. The molecular weight excluding hydrogens is 282 g/mol. The molecule has 8 heteroatoms. The van der Waals surface area contributed by atoms with Crippen LogP contribution in [0.3, 0.4) is 0 Å². The van der Waals surface area contributed by atoms with E-state index in [1.807, 2.05) is 0 Å². The van der Waals surface area contributed by atoms with E-state index in [1.54, 1.807) is 35.8 Å². The summed E-state index contributed by atoms with van der Waals surface area (Å²) < 4.78 is 0. The molecule has 1 saturated heterocycles. The van der Waals surface area contributed by atoms with Crippen LogP contribution >= 0.6 is 0 Å². The summed E-state index contributed by atoms with van der Waals surface area (Å²) in [6.07, 6.45) is 8.27. The van der Waals surface area contributed by atoms with E-state index in [2.05, 4.69) is 25.3 Å². The van der Waals surface area contributed by atoms with Crippen LogP contribution in [-0.4, -0.2) is 43.8 Å². The van der Waals surface area contributed by atoms with Crippen LogP contribution in [0.1, 0.15) is 24.6 Å². The van der Waals surface area contributed by atoms with Gasteiger partial charge in [0.05, 0.1) is 12.6 Å². The van der Waals surface area contributed by atoms with E-state index in [0.29, 0.717) is 24.0 Å². The summed E-state index contributed by atoms with van der Waals surface area (Å²) in [6.45, 7) is 0.694. The van der Waals surface area contributed by atoms with Crippen molar-refractivity contribution in [1.82, 2.24) is 24.8 Å². The zero-order valence-electron chi connectivity index (χ0n) is 12.0. The Morgan fingerprint density at radius 1 is 1.23 bits per heavy atom. The Morgan fingerprint density at radius 2 is 2.00 bits per heavy atom. The number of hydrogen-bond donors (Lipinski definition) is 2. The number of anilines is 2. The van der Waals surface area contributed by atoms with Crippen LogP contribution in [-0.2, 0) is 4.79 Å². The summed E-state index contributed by atoms with van der Waals surface area (Å²) in [5, 5.41) is 3.06. The number of nitrogens with one attached hydrogen (secondary N) is 1. The molecule has 3 rings (SSSR count). The summed E-state index contributed by atoms with van der Waals surface area (Å²) >= 11 is 0. The van der Waals surface area contributed by atoms with E-state index in [4.69, 9.17) is 5.73 Å². The Kier molecular flexibility index (Phi) is 4.19. The molecule has 1 aliphatic rings. The van der Waals surface area contributed by atoms with Crippen molar-refractivity contribution in [3.8, 4) is 0 Å². The molecule has 0 spiro atoms. The Hall–Kier alpha value is -2.61. The van der Waals surface area contributed by atoms with Crippen LogP contribution in [0.5, 0.6) is 0 Å². The molecule has 114 valence electrons. The Labute approximate surface area is 127 Å². The average Bonchev–Trinajstić information content (AvgIpc) is 3.05. The van der Waals surface area contributed by atoms with Gasteiger partial charge in [0.1, 0.15) is 5.69 Å². The Bertz CT molecular complexity index is 649. The standard InChI is InChI=1S/C14H17N7O/c15-9-11(22)21-8-1-3-10(21)12-13(17-7-6-16-12)20-14-18-4-2-5-19-14/h2,4-7,10H,1,3,8-9,15H2,(H,17,18,19,20)/t10-/m1/s1. The van der Waals surface area contributed by atoms with Gasteiger partial charge in [-0.15, -0.1) is 0 Å². The fourth-order valence-corrected chi connectivity index (χ4v) is 2.63. The van der Waals surface area contributed by atoms with Crippen molar-refractivity contribution in [3.63, 3.8) is 0 Å². The second-order valence-corrected chi connectivity index (χ2v) is 4.94. The maximum atomic E-state index is 12.0. The van der Waals surface area contributed by atoms with Gasteiger partial charge in [0, 0.05) is 31.3 Å². The highest BCUT2D eigenvalue weighted by Crippen LogP contribution is 2.34. The number of rotatable bonds is 4. The maximum absolute atomic E-state index is 12.0. The van der Waals surface area contributed by atoms with Gasteiger partial charge in [0.15, 0.2) is 5.82 Å². The average molecular weight is 299 g/mol. The van der Waals surface area contributed by atoms with E-state index >= 15 is 0 Å². The quantitative estimate of drug-likeness (QED) is 0.852. The molecule has 0 saturated carbocycles. The van der Waals surface area contributed by atoms with Crippen molar-refractivity contribution in [2.45, 2.75) is 18.9 Å². The lowest BCUT2D eigenvalue weighted by molar-refractivity contribution is -0.130. The molecule has 2 aromatic heterocycles. The molecule has 0 aromatic carbocycles. The Balaban J connectivity index is 1.89. The number of carbonyl (C=O) groups excluding carboxylic acids is 1. The molecule has 2 aromatic rings. The molecule has 22 heavy (non-hydrogen) atoms. The predicted octanol–water partition coefficient (Wildman–Crippen LogP) is 0.632. The first-order valence-corrected chi connectivity index (χ1v) is 7.14. The number of aromatic nitrogens is 4. The number of carbonyl (C=O) groups is 1. The summed E-state index contributed by atoms with van der Waals surface area (Å²) in [4.78, 5) is 30.7. The van der Waals surface area contributed by atoms with Gasteiger partial charge in [-0.05, 0) is 18.9 Å². The lowest BCUT2D eigenvalue weighted by atomic mass is 10.1. The van der Waals surface area contributed by atoms with Gasteiger partial charge in [-0.25, -0.2) is 15.0 Å². The topological polar surface area (TPSA) is 110 Å². The van der Waals surface area contributed by atoms with Crippen LogP contribution in [0, 0.1) is 0 Å². The minimum atomic E-state index is -0.115. The van der Waals surface area contributed by atoms with Crippen molar-refractivity contribution < 1.29 is 4.79 Å². The molecule has 1 atom stereocenters. The SMILES string of the molecule is NCC(=O)N1CCC[C@@H]1c1nccnc1Nc1ncccn1. The molecule has 0 bridgehead atoms. The molecular formula is C14H17N7O. The van der Waals surface area contributed by atoms with Crippen molar-refractivity contribution in [2.24, 2.45) is 5.73 Å². The van der Waals surface area contributed by atoms with Gasteiger partial charge < -0.3 is 16.0 Å². The van der Waals surface area contributed by atoms with Crippen LogP contribution in [0.4, 0.5) is 11.8 Å². The third-order valence-electron chi connectivity index (χ3n) is 3.59. The lowest BCUT2D eigenvalue weighted by Gasteiger charge is -2.24. The molecule has 0 aliphatic carbocycles. The van der Waals surface area contributed by atoms with Gasteiger partial charge in [-0.3, -0.25) is 9.78 Å². The fourth-order valence-electron chi connectivity index (χ4n) is 2.63. The highest BCUT2D eigenvalue weighted by Gasteiger charge is 2.32. The van der Waals surface area contributed by atoms with Crippen molar-refractivity contribution in [1.29, 1.82) is 0 Å². The number of likely N-dealkylation sites (tertiary alicyclic amines) is 1. The van der Waals surface area contributed by atoms with E-state index in [9.17, 15) is 4.79 Å². The van der Waals surface area contributed by atoms with Crippen LogP contribution < -0.4 is 11.1 Å². The molecule has 3 heterocycles. The normalized spacial score (nSPS) is 17.5. The number of hydrogen-bond acceptors (Lipinski definition) is 7. The largest absolute Gasteiger partial charge is 0.333 e. The number of amides is 1. The third-order valence-corrected chi connectivity index (χ3v) is 3.59. The van der Waals surface area contributed by atoms with Crippen LogP contribution in [0.15, 0.2) is 30.9 Å². The predicted molar refractivity (Wildman–Crippen MR) is 80.1 cm³/mol. The Morgan fingerprint density at radius 3 is 2.77 bits per heavy atom. The summed E-state index contributed by atoms with van der Waals surface area (Å²) in [7, 11) is 0. The van der Waals surface area contributed by atoms with Gasteiger partial charge in [0.2, 0.25) is 11.9 Å². The molecule has 8 nitrogen and oxygen atoms in total. The molecule has 1 amide bonds. The molecule has 1 aliphatic heterocycles. The zero-order chi connectivity index (χ0) is 15.4. The van der Waals surface area contributed by atoms with Gasteiger partial charge in [0.25, 0.3) is 0 Å². The zero-order valence-corrected chi connectivity index (χ0v) is 12.0.